The van der Waals surface area contributed by atoms with Crippen LogP contribution in [0.4, 0.5) is 0 Å². The molecule has 0 bridgehead atoms. The first-order valence-electron chi connectivity index (χ1n) is 4.93. The van der Waals surface area contributed by atoms with Crippen LogP contribution in [-0.2, 0) is 26.1 Å². The molecule has 2 aromatic carbocycles. The molecule has 3 heteroatoms. The molecule has 0 saturated heterocycles. The summed E-state index contributed by atoms with van der Waals surface area (Å²) in [5.41, 5.74) is 2.15. The van der Waals surface area contributed by atoms with Crippen molar-refractivity contribution >= 4 is 0 Å². The number of hydrogen-bond acceptors (Lipinski definition) is 1. The van der Waals surface area contributed by atoms with Gasteiger partial charge < -0.3 is 21.7 Å². The Balaban J connectivity index is 0.00000128. The molecule has 0 amide bonds. The Morgan fingerprint density at radius 1 is 0.941 bits per heavy atom. The van der Waals surface area contributed by atoms with Crippen LogP contribution in [0.5, 0.6) is 5.75 Å². The first-order chi connectivity index (χ1) is 7.34. The van der Waals surface area contributed by atoms with Crippen LogP contribution in [0.15, 0.2) is 54.6 Å². The molecule has 0 atom stereocenters. The summed E-state index contributed by atoms with van der Waals surface area (Å²) in [6, 6.07) is 17.9. The molecule has 0 aliphatic heterocycles. The number of rotatable bonds is 3. The first kappa shape index (κ1) is 16.2. The van der Waals surface area contributed by atoms with E-state index in [4.69, 9.17) is 4.74 Å². The normalized spacial score (nSPS) is 8.71. The molecular formula is C14H13BrOZn. The summed E-state index contributed by atoms with van der Waals surface area (Å²) in [5.74, 6) is 0.867. The molecule has 0 radical (unpaired) electrons. The molecule has 0 aromatic heterocycles. The van der Waals surface area contributed by atoms with Gasteiger partial charge in [0.15, 0.2) is 0 Å². The minimum atomic E-state index is 0. The van der Waals surface area contributed by atoms with Crippen molar-refractivity contribution in [1.82, 2.24) is 0 Å². The minimum Gasteiger partial charge on any atom is -1.00 e. The van der Waals surface area contributed by atoms with Gasteiger partial charge in [0, 0.05) is 0 Å². The first-order valence-corrected chi connectivity index (χ1v) is 4.93. The predicted octanol–water partition coefficient (Wildman–Crippen LogP) is 0.449. The van der Waals surface area contributed by atoms with Gasteiger partial charge >= 0.3 is 19.5 Å². The third-order valence-corrected chi connectivity index (χ3v) is 2.15. The molecule has 0 saturated carbocycles. The maximum atomic E-state index is 5.63. The summed E-state index contributed by atoms with van der Waals surface area (Å²) in [6.07, 6.45) is 0. The molecule has 0 spiro atoms. The van der Waals surface area contributed by atoms with Crippen LogP contribution < -0.4 is 21.7 Å². The van der Waals surface area contributed by atoms with Crippen LogP contribution in [0.25, 0.3) is 0 Å². The van der Waals surface area contributed by atoms with Crippen molar-refractivity contribution in [2.45, 2.75) is 6.61 Å². The number of hydrogen-bond donors (Lipinski definition) is 0. The molecular weight excluding hydrogens is 329 g/mol. The Hall–Kier alpha value is -0.787. The van der Waals surface area contributed by atoms with Gasteiger partial charge in [-0.05, 0) is 11.6 Å². The van der Waals surface area contributed by atoms with Crippen molar-refractivity contribution < 1.29 is 41.2 Å². The summed E-state index contributed by atoms with van der Waals surface area (Å²) in [5, 5.41) is 0. The van der Waals surface area contributed by atoms with Crippen molar-refractivity contribution in [3.05, 3.63) is 72.6 Å². The van der Waals surface area contributed by atoms with Gasteiger partial charge in [0.25, 0.3) is 0 Å². The van der Waals surface area contributed by atoms with Crippen LogP contribution in [0.2, 0.25) is 0 Å². The fraction of sp³-hybridized carbons (Fsp3) is 0.0714. The molecule has 0 fully saturated rings. The van der Waals surface area contributed by atoms with Gasteiger partial charge in [-0.1, -0.05) is 30.3 Å². The van der Waals surface area contributed by atoms with Gasteiger partial charge in [-0.25, -0.2) is 0 Å². The Bertz CT molecular complexity index is 431. The molecule has 2 aromatic rings. The molecule has 0 N–H and O–H groups in total. The van der Waals surface area contributed by atoms with Crippen molar-refractivity contribution in [1.29, 1.82) is 0 Å². The second-order valence-electron chi connectivity index (χ2n) is 3.42. The van der Waals surface area contributed by atoms with Crippen molar-refractivity contribution in [2.24, 2.45) is 0 Å². The van der Waals surface area contributed by atoms with E-state index in [2.05, 4.69) is 6.92 Å². The van der Waals surface area contributed by atoms with Gasteiger partial charge in [-0.3, -0.25) is 0 Å². The van der Waals surface area contributed by atoms with E-state index in [0.717, 1.165) is 11.3 Å². The largest absolute Gasteiger partial charge is 2.00 e. The zero-order chi connectivity index (χ0) is 10.5. The molecule has 0 aliphatic rings. The monoisotopic (exact) mass is 340 g/mol. The number of ether oxygens (including phenoxy) is 1. The van der Waals surface area contributed by atoms with Gasteiger partial charge in [0.1, 0.15) is 6.61 Å². The van der Waals surface area contributed by atoms with E-state index < -0.39 is 0 Å². The van der Waals surface area contributed by atoms with Gasteiger partial charge in [0.2, 0.25) is 0 Å². The number of benzene rings is 2. The van der Waals surface area contributed by atoms with Crippen LogP contribution in [0, 0.1) is 6.92 Å². The number of halogens is 1. The molecule has 0 unspecified atom stereocenters. The van der Waals surface area contributed by atoms with Crippen LogP contribution in [-0.4, -0.2) is 0 Å². The molecule has 0 aliphatic carbocycles. The van der Waals surface area contributed by atoms with E-state index in [1.807, 2.05) is 54.6 Å². The minimum absolute atomic E-state index is 0. The zero-order valence-corrected chi connectivity index (χ0v) is 14.2. The Kier molecular flexibility index (Phi) is 7.94. The quantitative estimate of drug-likeness (QED) is 0.581. The van der Waals surface area contributed by atoms with E-state index in [1.165, 1.54) is 5.56 Å². The van der Waals surface area contributed by atoms with E-state index in [1.54, 1.807) is 0 Å². The van der Waals surface area contributed by atoms with E-state index in [-0.39, 0.29) is 36.5 Å². The Morgan fingerprint density at radius 3 is 2.29 bits per heavy atom. The van der Waals surface area contributed by atoms with Gasteiger partial charge in [-0.2, -0.15) is 18.6 Å². The molecule has 1 nitrogen and oxygen atoms in total. The summed E-state index contributed by atoms with van der Waals surface area (Å²) >= 11 is 0. The topological polar surface area (TPSA) is 9.23 Å². The van der Waals surface area contributed by atoms with E-state index in [0.29, 0.717) is 6.61 Å². The molecule has 0 heterocycles. The summed E-state index contributed by atoms with van der Waals surface area (Å²) in [4.78, 5) is 0. The average Bonchev–Trinajstić information content (AvgIpc) is 2.28. The standard InChI is InChI=1S/C14H13O.BrH.Zn/c1-12-6-5-9-14(10-12)15-11-13-7-3-2-4-8-13;;/h2-10H,1,11H2;1H;/q-1;;+2/p-1. The molecule has 17 heavy (non-hydrogen) atoms. The summed E-state index contributed by atoms with van der Waals surface area (Å²) < 4.78 is 5.63. The van der Waals surface area contributed by atoms with Gasteiger partial charge in [0.05, 0.1) is 5.75 Å². The maximum absolute atomic E-state index is 5.63. The van der Waals surface area contributed by atoms with Crippen LogP contribution in [0.3, 0.4) is 0 Å². The third kappa shape index (κ3) is 5.38. The predicted molar refractivity (Wildman–Crippen MR) is 61.7 cm³/mol. The maximum Gasteiger partial charge on any atom is 2.00 e. The summed E-state index contributed by atoms with van der Waals surface area (Å²) in [6.45, 7) is 4.46. The second-order valence-corrected chi connectivity index (χ2v) is 3.42. The van der Waals surface area contributed by atoms with E-state index in [9.17, 15) is 0 Å². The van der Waals surface area contributed by atoms with E-state index >= 15 is 0 Å². The van der Waals surface area contributed by atoms with Crippen molar-refractivity contribution in [3.63, 3.8) is 0 Å². The van der Waals surface area contributed by atoms with Crippen molar-refractivity contribution in [3.8, 4) is 5.75 Å². The van der Waals surface area contributed by atoms with Crippen LogP contribution in [0.1, 0.15) is 11.1 Å². The molecule has 2 rings (SSSR count). The third-order valence-electron chi connectivity index (χ3n) is 2.15. The Morgan fingerprint density at radius 2 is 1.65 bits per heavy atom. The summed E-state index contributed by atoms with van der Waals surface area (Å²) in [7, 11) is 0. The molecule has 84 valence electrons. The fourth-order valence-electron chi connectivity index (χ4n) is 1.38. The second kappa shape index (κ2) is 8.33. The smallest absolute Gasteiger partial charge is 1.00 e. The van der Waals surface area contributed by atoms with Gasteiger partial charge in [-0.15, -0.1) is 12.1 Å². The van der Waals surface area contributed by atoms with Crippen LogP contribution >= 0.6 is 0 Å². The zero-order valence-electron chi connectivity index (χ0n) is 9.60. The fourth-order valence-corrected chi connectivity index (χ4v) is 1.38. The SMILES string of the molecule is [Br-].[CH2-]c1cccc(OCc2ccccc2)c1.[Zn+2]. The average molecular weight is 343 g/mol. The Labute approximate surface area is 126 Å². The van der Waals surface area contributed by atoms with Crippen molar-refractivity contribution in [2.75, 3.05) is 0 Å².